The number of piperidine rings is 1. The molecular weight excluding hydrogens is 224 g/mol. The average Bonchev–Trinajstić information content (AvgIpc) is 2.39. The second kappa shape index (κ2) is 5.60. The summed E-state index contributed by atoms with van der Waals surface area (Å²) in [5.41, 5.74) is -0.171. The van der Waals surface area contributed by atoms with Crippen LogP contribution in [0, 0.1) is 11.3 Å². The number of nitrogens with zero attached hydrogens (tertiary/aromatic N) is 1. The number of hydrogen-bond donors (Lipinski definition) is 1. The molecule has 2 aliphatic rings. The molecule has 1 amide bonds. The summed E-state index contributed by atoms with van der Waals surface area (Å²) >= 11 is 0. The van der Waals surface area contributed by atoms with Crippen LogP contribution < -0.4 is 5.32 Å². The van der Waals surface area contributed by atoms with E-state index in [1.165, 1.54) is 25.7 Å². The van der Waals surface area contributed by atoms with Crippen LogP contribution in [0.1, 0.15) is 52.4 Å². The van der Waals surface area contributed by atoms with Crippen LogP contribution in [0.5, 0.6) is 0 Å². The fourth-order valence-electron chi connectivity index (χ4n) is 3.46. The lowest BCUT2D eigenvalue weighted by molar-refractivity contribution is -0.143. The van der Waals surface area contributed by atoms with Crippen molar-refractivity contribution in [2.45, 2.75) is 58.4 Å². The zero-order valence-electron chi connectivity index (χ0n) is 12.2. The second-order valence-electron chi connectivity index (χ2n) is 6.67. The largest absolute Gasteiger partial charge is 0.342 e. The third-order valence-corrected chi connectivity index (χ3v) is 4.97. The highest BCUT2D eigenvalue weighted by Crippen LogP contribution is 2.32. The van der Waals surface area contributed by atoms with E-state index in [9.17, 15) is 4.79 Å². The van der Waals surface area contributed by atoms with Gasteiger partial charge in [0.05, 0.1) is 5.41 Å². The molecule has 2 rings (SSSR count). The Kier molecular flexibility index (Phi) is 4.31. The van der Waals surface area contributed by atoms with Crippen LogP contribution in [0.3, 0.4) is 0 Å². The molecule has 1 saturated carbocycles. The van der Waals surface area contributed by atoms with Gasteiger partial charge in [0.1, 0.15) is 0 Å². The fraction of sp³-hybridized carbons (Fsp3) is 0.933. The molecular formula is C15H28N2O. The van der Waals surface area contributed by atoms with Gasteiger partial charge in [0.25, 0.3) is 0 Å². The maximum atomic E-state index is 12.7. The summed E-state index contributed by atoms with van der Waals surface area (Å²) < 4.78 is 0. The van der Waals surface area contributed by atoms with E-state index in [0.717, 1.165) is 31.8 Å². The van der Waals surface area contributed by atoms with Gasteiger partial charge in [-0.05, 0) is 57.9 Å². The summed E-state index contributed by atoms with van der Waals surface area (Å²) in [5.74, 6) is 1.20. The third kappa shape index (κ3) is 2.87. The summed E-state index contributed by atoms with van der Waals surface area (Å²) in [5, 5.41) is 3.37. The first-order valence-electron chi connectivity index (χ1n) is 7.51. The van der Waals surface area contributed by atoms with E-state index >= 15 is 0 Å². The van der Waals surface area contributed by atoms with Crippen molar-refractivity contribution in [3.05, 3.63) is 0 Å². The first-order valence-corrected chi connectivity index (χ1v) is 7.51. The number of rotatable bonds is 2. The molecule has 18 heavy (non-hydrogen) atoms. The van der Waals surface area contributed by atoms with Crippen molar-refractivity contribution in [1.82, 2.24) is 10.2 Å². The van der Waals surface area contributed by atoms with E-state index in [4.69, 9.17) is 0 Å². The minimum absolute atomic E-state index is 0.171. The van der Waals surface area contributed by atoms with Gasteiger partial charge in [0.2, 0.25) is 5.91 Å². The van der Waals surface area contributed by atoms with Gasteiger partial charge in [-0.15, -0.1) is 0 Å². The monoisotopic (exact) mass is 252 g/mol. The molecule has 1 atom stereocenters. The van der Waals surface area contributed by atoms with Crippen LogP contribution in [-0.4, -0.2) is 37.0 Å². The van der Waals surface area contributed by atoms with Crippen LogP contribution in [0.15, 0.2) is 0 Å². The maximum Gasteiger partial charge on any atom is 0.229 e. The molecule has 1 saturated heterocycles. The second-order valence-corrected chi connectivity index (χ2v) is 6.67. The van der Waals surface area contributed by atoms with Crippen LogP contribution in [0.2, 0.25) is 0 Å². The van der Waals surface area contributed by atoms with E-state index in [2.05, 4.69) is 24.1 Å². The first kappa shape index (κ1) is 13.9. The molecule has 104 valence electrons. The average molecular weight is 252 g/mol. The first-order chi connectivity index (χ1) is 8.53. The Labute approximate surface area is 111 Å². The van der Waals surface area contributed by atoms with Crippen LogP contribution in [-0.2, 0) is 4.79 Å². The molecule has 1 aliphatic heterocycles. The van der Waals surface area contributed by atoms with Crippen molar-refractivity contribution in [2.75, 3.05) is 20.1 Å². The maximum absolute atomic E-state index is 12.7. The van der Waals surface area contributed by atoms with Crippen LogP contribution in [0.4, 0.5) is 0 Å². The highest BCUT2D eigenvalue weighted by molar-refractivity contribution is 5.82. The topological polar surface area (TPSA) is 32.3 Å². The van der Waals surface area contributed by atoms with E-state index in [-0.39, 0.29) is 5.41 Å². The molecule has 0 bridgehead atoms. The zero-order chi connectivity index (χ0) is 13.2. The van der Waals surface area contributed by atoms with Crippen molar-refractivity contribution in [1.29, 1.82) is 0 Å². The van der Waals surface area contributed by atoms with Crippen molar-refractivity contribution in [3.63, 3.8) is 0 Å². The highest BCUT2D eigenvalue weighted by atomic mass is 16.2. The van der Waals surface area contributed by atoms with Gasteiger partial charge in [-0.25, -0.2) is 0 Å². The number of carbonyl (C=O) groups is 1. The lowest BCUT2D eigenvalue weighted by atomic mass is 9.80. The predicted molar refractivity (Wildman–Crippen MR) is 74.4 cm³/mol. The van der Waals surface area contributed by atoms with Crippen molar-refractivity contribution < 1.29 is 4.79 Å². The summed E-state index contributed by atoms with van der Waals surface area (Å²) in [4.78, 5) is 14.7. The molecule has 1 N–H and O–H groups in total. The van der Waals surface area contributed by atoms with Crippen LogP contribution >= 0.6 is 0 Å². The Hall–Kier alpha value is -0.570. The fourth-order valence-corrected chi connectivity index (χ4v) is 3.46. The summed E-state index contributed by atoms with van der Waals surface area (Å²) in [7, 11) is 2.02. The minimum atomic E-state index is -0.171. The minimum Gasteiger partial charge on any atom is -0.342 e. The van der Waals surface area contributed by atoms with Crippen LogP contribution in [0.25, 0.3) is 0 Å². The molecule has 2 fully saturated rings. The number of carbonyl (C=O) groups excluding carboxylic acids is 1. The number of nitrogens with one attached hydrogen (secondary N) is 1. The standard InChI is InChI=1S/C15H28N2O/c1-12-5-7-13(8-6-12)17(3)14(18)15(2)9-4-10-16-11-15/h12-13,16H,4-11H2,1-3H3. The molecule has 0 aromatic carbocycles. The smallest absolute Gasteiger partial charge is 0.229 e. The highest BCUT2D eigenvalue weighted by Gasteiger charge is 2.38. The SMILES string of the molecule is CC1CCC(N(C)C(=O)C2(C)CCCNC2)CC1. The predicted octanol–water partition coefficient (Wildman–Crippen LogP) is 2.41. The Bertz CT molecular complexity index is 289. The van der Waals surface area contributed by atoms with Gasteiger partial charge in [0, 0.05) is 19.6 Å². The zero-order valence-corrected chi connectivity index (χ0v) is 12.2. The summed E-state index contributed by atoms with van der Waals surface area (Å²) in [6.07, 6.45) is 7.08. The Morgan fingerprint density at radius 2 is 1.94 bits per heavy atom. The Balaban J connectivity index is 1.95. The summed E-state index contributed by atoms with van der Waals surface area (Å²) in [6.45, 7) is 6.36. The quantitative estimate of drug-likeness (QED) is 0.818. The molecule has 0 radical (unpaired) electrons. The molecule has 3 nitrogen and oxygen atoms in total. The lowest BCUT2D eigenvalue weighted by Gasteiger charge is -2.41. The van der Waals surface area contributed by atoms with E-state index in [1.54, 1.807) is 0 Å². The Morgan fingerprint density at radius 3 is 2.50 bits per heavy atom. The van der Waals surface area contributed by atoms with Gasteiger partial charge >= 0.3 is 0 Å². The normalized spacial score (nSPS) is 37.3. The third-order valence-electron chi connectivity index (χ3n) is 4.97. The molecule has 0 aromatic rings. The number of amides is 1. The Morgan fingerprint density at radius 1 is 1.28 bits per heavy atom. The van der Waals surface area contributed by atoms with Crippen molar-refractivity contribution >= 4 is 5.91 Å². The van der Waals surface area contributed by atoms with E-state index < -0.39 is 0 Å². The number of hydrogen-bond acceptors (Lipinski definition) is 2. The van der Waals surface area contributed by atoms with Gasteiger partial charge in [-0.1, -0.05) is 6.92 Å². The molecule has 0 spiro atoms. The van der Waals surface area contributed by atoms with Crippen molar-refractivity contribution in [2.24, 2.45) is 11.3 Å². The van der Waals surface area contributed by atoms with Crippen molar-refractivity contribution in [3.8, 4) is 0 Å². The van der Waals surface area contributed by atoms with E-state index in [0.29, 0.717) is 11.9 Å². The van der Waals surface area contributed by atoms with Gasteiger partial charge in [-0.3, -0.25) is 4.79 Å². The molecule has 1 heterocycles. The van der Waals surface area contributed by atoms with Gasteiger partial charge in [0.15, 0.2) is 0 Å². The van der Waals surface area contributed by atoms with Gasteiger partial charge < -0.3 is 10.2 Å². The van der Waals surface area contributed by atoms with Gasteiger partial charge in [-0.2, -0.15) is 0 Å². The summed E-state index contributed by atoms with van der Waals surface area (Å²) in [6, 6.07) is 0.479. The molecule has 1 unspecified atom stereocenters. The molecule has 0 aromatic heterocycles. The molecule has 1 aliphatic carbocycles. The lowest BCUT2D eigenvalue weighted by Crippen LogP contribution is -2.52. The van der Waals surface area contributed by atoms with E-state index in [1.807, 2.05) is 7.05 Å². The molecule has 3 heteroatoms.